The second-order valence-corrected chi connectivity index (χ2v) is 9.72. The average molecular weight is 498 g/mol. The largest absolute Gasteiger partial charge is 0.398 e. The summed E-state index contributed by atoms with van der Waals surface area (Å²) in [6.07, 6.45) is -0.770. The fourth-order valence-electron chi connectivity index (χ4n) is 4.84. The number of hydrogen-bond acceptors (Lipinski definition) is 2. The number of amides is 1. The number of nitrogens with zero attached hydrogens (tertiary/aromatic N) is 3. The first-order valence-corrected chi connectivity index (χ1v) is 12.1. The van der Waals surface area contributed by atoms with Crippen molar-refractivity contribution in [2.24, 2.45) is 0 Å². The van der Waals surface area contributed by atoms with Gasteiger partial charge in [0.05, 0.1) is 12.0 Å². The Morgan fingerprint density at radius 2 is 1.75 bits per heavy atom. The molecule has 0 atom stereocenters. The number of hydrogen-bond donors (Lipinski definition) is 0. The van der Waals surface area contributed by atoms with E-state index in [1.54, 1.807) is 16.8 Å². The van der Waals surface area contributed by atoms with Crippen LogP contribution in [0, 0.1) is 6.92 Å². The summed E-state index contributed by atoms with van der Waals surface area (Å²) >= 11 is 0. The van der Waals surface area contributed by atoms with Crippen LogP contribution in [0.3, 0.4) is 0 Å². The monoisotopic (exact) mass is 497 g/mol. The van der Waals surface area contributed by atoms with Gasteiger partial charge in [0.1, 0.15) is 5.69 Å². The van der Waals surface area contributed by atoms with E-state index in [0.717, 1.165) is 37.2 Å². The molecule has 2 heterocycles. The first-order valence-electron chi connectivity index (χ1n) is 12.1. The van der Waals surface area contributed by atoms with E-state index in [1.807, 2.05) is 30.0 Å². The van der Waals surface area contributed by atoms with E-state index >= 15 is 0 Å². The van der Waals surface area contributed by atoms with Crippen molar-refractivity contribution >= 4 is 17.8 Å². The van der Waals surface area contributed by atoms with Crippen LogP contribution < -0.4 is 0 Å². The van der Waals surface area contributed by atoms with Gasteiger partial charge in [0.15, 0.2) is 5.83 Å². The zero-order valence-corrected chi connectivity index (χ0v) is 20.0. The molecule has 0 N–H and O–H groups in total. The second-order valence-electron chi connectivity index (χ2n) is 9.72. The van der Waals surface area contributed by atoms with E-state index in [1.165, 1.54) is 30.3 Å². The van der Waals surface area contributed by atoms with Crippen molar-refractivity contribution in [2.45, 2.75) is 50.7 Å². The van der Waals surface area contributed by atoms with Gasteiger partial charge in [-0.25, -0.2) is 4.39 Å². The summed E-state index contributed by atoms with van der Waals surface area (Å²) in [7, 11) is 0. The third-order valence-electron chi connectivity index (χ3n) is 7.17. The Kier molecular flexibility index (Phi) is 6.22. The average Bonchev–Trinajstić information content (AvgIpc) is 3.35. The molecule has 1 saturated heterocycles. The summed E-state index contributed by atoms with van der Waals surface area (Å²) in [5.74, 6) is -0.547. The number of likely N-dealkylation sites (tertiary alicyclic amines) is 1. The van der Waals surface area contributed by atoms with Crippen molar-refractivity contribution in [2.75, 3.05) is 13.1 Å². The third-order valence-corrected chi connectivity index (χ3v) is 7.17. The highest BCUT2D eigenvalue weighted by molar-refractivity contribution is 5.94. The van der Waals surface area contributed by atoms with Crippen LogP contribution in [0.4, 0.5) is 17.6 Å². The van der Waals surface area contributed by atoms with Gasteiger partial charge in [-0.1, -0.05) is 36.4 Å². The Labute approximate surface area is 207 Å². The highest BCUT2D eigenvalue weighted by atomic mass is 19.4. The highest BCUT2D eigenvalue weighted by Crippen LogP contribution is 2.58. The lowest BCUT2D eigenvalue weighted by Gasteiger charge is -2.19. The van der Waals surface area contributed by atoms with E-state index in [2.05, 4.69) is 5.10 Å². The van der Waals surface area contributed by atoms with Gasteiger partial charge in [-0.3, -0.25) is 9.48 Å². The van der Waals surface area contributed by atoms with E-state index in [9.17, 15) is 22.4 Å². The number of rotatable bonds is 6. The number of alkyl halides is 3. The topological polar surface area (TPSA) is 38.1 Å². The molecule has 1 aromatic heterocycles. The van der Waals surface area contributed by atoms with E-state index < -0.39 is 17.4 Å². The number of aromatic nitrogens is 2. The van der Waals surface area contributed by atoms with Crippen LogP contribution in [0.2, 0.25) is 0 Å². The first-order chi connectivity index (χ1) is 17.2. The van der Waals surface area contributed by atoms with Crippen LogP contribution in [0.25, 0.3) is 11.9 Å². The molecule has 2 aliphatic rings. The van der Waals surface area contributed by atoms with Gasteiger partial charge in [-0.2, -0.15) is 18.3 Å². The maximum absolute atomic E-state index is 15.0. The first kappa shape index (κ1) is 24.3. The minimum atomic E-state index is -4.28. The van der Waals surface area contributed by atoms with Crippen LogP contribution in [-0.4, -0.2) is 39.9 Å². The van der Waals surface area contributed by atoms with Crippen molar-refractivity contribution < 1.29 is 22.4 Å². The maximum Gasteiger partial charge on any atom is 0.398 e. The molecule has 0 radical (unpaired) electrons. The summed E-state index contributed by atoms with van der Waals surface area (Å²) in [4.78, 5) is 14.6. The zero-order chi connectivity index (χ0) is 25.5. The van der Waals surface area contributed by atoms with Crippen LogP contribution in [-0.2, 0) is 12.0 Å². The Balaban J connectivity index is 1.30. The molecule has 0 unspecified atom stereocenters. The van der Waals surface area contributed by atoms with Gasteiger partial charge < -0.3 is 4.90 Å². The van der Waals surface area contributed by atoms with Gasteiger partial charge in [0.2, 0.25) is 0 Å². The molecule has 5 rings (SSSR count). The third kappa shape index (κ3) is 4.68. The van der Waals surface area contributed by atoms with E-state index in [-0.39, 0.29) is 30.0 Å². The molecule has 36 heavy (non-hydrogen) atoms. The van der Waals surface area contributed by atoms with Crippen LogP contribution in [0.15, 0.2) is 54.6 Å². The Bertz CT molecular complexity index is 1300. The normalized spacial score (nSPS) is 17.5. The van der Waals surface area contributed by atoms with Gasteiger partial charge in [-0.05, 0) is 73.6 Å². The van der Waals surface area contributed by atoms with Gasteiger partial charge >= 0.3 is 6.18 Å². The minimum absolute atomic E-state index is 0.0232. The maximum atomic E-state index is 15.0. The molecule has 1 saturated carbocycles. The number of halogens is 4. The zero-order valence-electron chi connectivity index (χ0n) is 20.0. The van der Waals surface area contributed by atoms with Crippen molar-refractivity contribution in [1.82, 2.24) is 14.7 Å². The molecule has 0 bridgehead atoms. The van der Waals surface area contributed by atoms with Crippen molar-refractivity contribution in [3.63, 3.8) is 0 Å². The molecule has 2 aromatic carbocycles. The number of aryl methyl sites for hydroxylation is 1. The molecular formula is C28H27F4N3O. The summed E-state index contributed by atoms with van der Waals surface area (Å²) in [6.45, 7) is 3.77. The number of carbonyl (C=O) groups excluding carboxylic acids is 1. The van der Waals surface area contributed by atoms with Crippen molar-refractivity contribution in [3.05, 3.63) is 88.2 Å². The molecule has 4 nitrogen and oxygen atoms in total. The molecule has 188 valence electrons. The quantitative estimate of drug-likeness (QED) is 0.363. The standard InChI is InChI=1S/C28H27F4N3O/c1-19-15-25(24(29)17-20-7-9-23(10-8-20)27(11-12-27)28(30,31)32)33-35(19)18-21-5-4-6-22(16-21)26(36)34-13-2-3-14-34/h4-10,15-17H,2-3,11-14,18H2,1H3. The predicted octanol–water partition coefficient (Wildman–Crippen LogP) is 6.54. The molecule has 1 aliphatic carbocycles. The second kappa shape index (κ2) is 9.22. The lowest BCUT2D eigenvalue weighted by Crippen LogP contribution is -2.28. The van der Waals surface area contributed by atoms with Crippen LogP contribution >= 0.6 is 0 Å². The Morgan fingerprint density at radius 1 is 1.06 bits per heavy atom. The number of benzene rings is 2. The molecule has 8 heteroatoms. The summed E-state index contributed by atoms with van der Waals surface area (Å²) in [5, 5.41) is 4.38. The van der Waals surface area contributed by atoms with Gasteiger partial charge in [-0.15, -0.1) is 0 Å². The fourth-order valence-corrected chi connectivity index (χ4v) is 4.84. The summed E-state index contributed by atoms with van der Waals surface area (Å²) in [6, 6.07) is 14.9. The Hall–Kier alpha value is -3.42. The molecule has 0 spiro atoms. The predicted molar refractivity (Wildman–Crippen MR) is 130 cm³/mol. The summed E-state index contributed by atoms with van der Waals surface area (Å²) in [5.41, 5.74) is 1.35. The number of carbonyl (C=O) groups is 1. The fraction of sp³-hybridized carbons (Fsp3) is 0.357. The highest BCUT2D eigenvalue weighted by Gasteiger charge is 2.64. The minimum Gasteiger partial charge on any atom is -0.339 e. The lowest BCUT2D eigenvalue weighted by atomic mass is 9.94. The summed E-state index contributed by atoms with van der Waals surface area (Å²) < 4.78 is 56.7. The molecule has 1 amide bonds. The SMILES string of the molecule is Cc1cc(C(F)=Cc2ccc(C3(C(F)(F)F)CC3)cc2)nn1Cc1cccc(C(=O)N2CCCC2)c1. The van der Waals surface area contributed by atoms with Crippen molar-refractivity contribution in [1.29, 1.82) is 0 Å². The van der Waals surface area contributed by atoms with Crippen molar-refractivity contribution in [3.8, 4) is 0 Å². The smallest absolute Gasteiger partial charge is 0.339 e. The van der Waals surface area contributed by atoms with Crippen LogP contribution in [0.5, 0.6) is 0 Å². The van der Waals surface area contributed by atoms with Gasteiger partial charge in [0, 0.05) is 24.3 Å². The molecule has 3 aromatic rings. The molecule has 1 aliphatic heterocycles. The molecular weight excluding hydrogens is 470 g/mol. The Morgan fingerprint density at radius 3 is 2.39 bits per heavy atom. The molecule has 2 fully saturated rings. The van der Waals surface area contributed by atoms with E-state index in [0.29, 0.717) is 17.7 Å². The van der Waals surface area contributed by atoms with E-state index in [4.69, 9.17) is 0 Å². The van der Waals surface area contributed by atoms with Crippen LogP contribution in [0.1, 0.15) is 64.1 Å². The van der Waals surface area contributed by atoms with Gasteiger partial charge in [0.25, 0.3) is 5.91 Å². The lowest BCUT2D eigenvalue weighted by molar-refractivity contribution is -0.160.